The van der Waals surface area contributed by atoms with Crippen molar-refractivity contribution in [3.05, 3.63) is 231 Å². The molecule has 0 aliphatic heterocycles. The van der Waals surface area contributed by atoms with Crippen molar-refractivity contribution in [3.63, 3.8) is 0 Å². The standard InChI is InChI=1S/C56H38N2O/c1-5-13-39(14-6-1)41-21-27-49(28-22-41)57(47-17-9-3-10-18-47)51-31-25-43-35-53-54-36-44-26-32-52(34-46(44)38-56(54)59-55(53)37-45(43)33-51)58(48-19-11-4-12-20-48)50-29-23-42(24-30-50)40-15-7-2-8-16-40/h1-38H. The lowest BCUT2D eigenvalue weighted by molar-refractivity contribution is 0.670. The Kier molecular flexibility index (Phi) is 8.49. The molecular formula is C56H38N2O. The van der Waals surface area contributed by atoms with Gasteiger partial charge in [0.05, 0.1) is 0 Å². The monoisotopic (exact) mass is 754 g/mol. The third-order valence-electron chi connectivity index (χ3n) is 11.4. The molecule has 59 heavy (non-hydrogen) atoms. The number of nitrogens with zero attached hydrogens (tertiary/aromatic N) is 2. The highest BCUT2D eigenvalue weighted by molar-refractivity contribution is 6.14. The van der Waals surface area contributed by atoms with Gasteiger partial charge in [-0.05, 0) is 141 Å². The minimum absolute atomic E-state index is 0.878. The van der Waals surface area contributed by atoms with Crippen LogP contribution >= 0.6 is 0 Å². The molecule has 0 amide bonds. The summed E-state index contributed by atoms with van der Waals surface area (Å²) < 4.78 is 6.69. The molecule has 0 N–H and O–H groups in total. The first-order chi connectivity index (χ1) is 29.2. The fourth-order valence-corrected chi connectivity index (χ4v) is 8.43. The smallest absolute Gasteiger partial charge is 0.136 e. The summed E-state index contributed by atoms with van der Waals surface area (Å²) >= 11 is 0. The van der Waals surface area contributed by atoms with Gasteiger partial charge in [0.2, 0.25) is 0 Å². The van der Waals surface area contributed by atoms with Gasteiger partial charge in [-0.2, -0.15) is 0 Å². The molecule has 0 atom stereocenters. The van der Waals surface area contributed by atoms with Crippen LogP contribution in [0.25, 0.3) is 65.7 Å². The van der Waals surface area contributed by atoms with Crippen LogP contribution in [0.2, 0.25) is 0 Å². The third kappa shape index (κ3) is 6.45. The van der Waals surface area contributed by atoms with Gasteiger partial charge < -0.3 is 14.2 Å². The van der Waals surface area contributed by atoms with Crippen LogP contribution in [-0.4, -0.2) is 0 Å². The lowest BCUT2D eigenvalue weighted by atomic mass is 10.0. The van der Waals surface area contributed by atoms with Crippen LogP contribution in [-0.2, 0) is 0 Å². The molecule has 10 aromatic carbocycles. The minimum Gasteiger partial charge on any atom is -0.456 e. The minimum atomic E-state index is 0.878. The summed E-state index contributed by atoms with van der Waals surface area (Å²) in [5.41, 5.74) is 13.1. The average Bonchev–Trinajstić information content (AvgIpc) is 3.65. The quantitative estimate of drug-likeness (QED) is 0.154. The molecule has 0 bridgehead atoms. The molecule has 0 fully saturated rings. The summed E-state index contributed by atoms with van der Waals surface area (Å²) in [5, 5.41) is 6.82. The fourth-order valence-electron chi connectivity index (χ4n) is 8.43. The van der Waals surface area contributed by atoms with E-state index in [-0.39, 0.29) is 0 Å². The summed E-state index contributed by atoms with van der Waals surface area (Å²) in [6.45, 7) is 0. The lowest BCUT2D eigenvalue weighted by Gasteiger charge is -2.26. The molecule has 11 rings (SSSR count). The molecule has 0 aliphatic carbocycles. The van der Waals surface area contributed by atoms with Gasteiger partial charge in [0, 0.05) is 44.9 Å². The molecule has 0 radical (unpaired) electrons. The Bertz CT molecular complexity index is 3010. The van der Waals surface area contributed by atoms with Crippen molar-refractivity contribution in [1.29, 1.82) is 0 Å². The summed E-state index contributed by atoms with van der Waals surface area (Å²) in [6, 6.07) is 82.2. The molecule has 1 heterocycles. The molecule has 3 heteroatoms. The van der Waals surface area contributed by atoms with E-state index in [4.69, 9.17) is 4.42 Å². The van der Waals surface area contributed by atoms with Crippen LogP contribution in [0.5, 0.6) is 0 Å². The molecule has 278 valence electrons. The molecule has 11 aromatic rings. The zero-order valence-corrected chi connectivity index (χ0v) is 32.2. The van der Waals surface area contributed by atoms with E-state index >= 15 is 0 Å². The Labute approximate surface area is 343 Å². The van der Waals surface area contributed by atoms with Crippen molar-refractivity contribution in [2.75, 3.05) is 9.80 Å². The molecule has 0 spiro atoms. The molecule has 0 saturated carbocycles. The average molecular weight is 755 g/mol. The van der Waals surface area contributed by atoms with E-state index in [0.29, 0.717) is 0 Å². The van der Waals surface area contributed by atoms with E-state index < -0.39 is 0 Å². The third-order valence-corrected chi connectivity index (χ3v) is 11.4. The summed E-state index contributed by atoms with van der Waals surface area (Å²) in [4.78, 5) is 4.63. The first-order valence-corrected chi connectivity index (χ1v) is 20.1. The van der Waals surface area contributed by atoms with Crippen LogP contribution < -0.4 is 9.80 Å². The maximum absolute atomic E-state index is 6.69. The second-order valence-electron chi connectivity index (χ2n) is 15.0. The van der Waals surface area contributed by atoms with Crippen molar-refractivity contribution in [3.8, 4) is 22.3 Å². The molecule has 1 aromatic heterocycles. The van der Waals surface area contributed by atoms with Gasteiger partial charge in [-0.25, -0.2) is 0 Å². The maximum Gasteiger partial charge on any atom is 0.136 e. The van der Waals surface area contributed by atoms with Gasteiger partial charge in [0.15, 0.2) is 0 Å². The van der Waals surface area contributed by atoms with E-state index in [9.17, 15) is 0 Å². The van der Waals surface area contributed by atoms with E-state index in [0.717, 1.165) is 66.8 Å². The number of furan rings is 1. The molecule has 3 nitrogen and oxygen atoms in total. The van der Waals surface area contributed by atoms with Crippen molar-refractivity contribution in [2.45, 2.75) is 0 Å². The highest BCUT2D eigenvalue weighted by atomic mass is 16.3. The second kappa shape index (κ2) is 14.6. The van der Waals surface area contributed by atoms with Crippen LogP contribution in [0.1, 0.15) is 0 Å². The van der Waals surface area contributed by atoms with Gasteiger partial charge in [-0.1, -0.05) is 133 Å². The number of para-hydroxylation sites is 2. The first-order valence-electron chi connectivity index (χ1n) is 20.1. The van der Waals surface area contributed by atoms with E-state index in [1.54, 1.807) is 0 Å². The summed E-state index contributed by atoms with van der Waals surface area (Å²) in [7, 11) is 0. The van der Waals surface area contributed by atoms with E-state index in [1.165, 1.54) is 33.0 Å². The van der Waals surface area contributed by atoms with Gasteiger partial charge in [0.25, 0.3) is 0 Å². The predicted octanol–water partition coefficient (Wildman–Crippen LogP) is 16.2. The Balaban J connectivity index is 0.971. The molecule has 0 saturated heterocycles. The van der Waals surface area contributed by atoms with Gasteiger partial charge in [0.1, 0.15) is 11.2 Å². The van der Waals surface area contributed by atoms with Crippen LogP contribution in [0, 0.1) is 0 Å². The Morgan fingerprint density at radius 1 is 0.237 bits per heavy atom. The number of benzene rings is 10. The van der Waals surface area contributed by atoms with Crippen LogP contribution in [0.4, 0.5) is 34.1 Å². The topological polar surface area (TPSA) is 19.6 Å². The van der Waals surface area contributed by atoms with E-state index in [2.05, 4.69) is 240 Å². The SMILES string of the molecule is c1ccc(-c2ccc(N(c3ccccc3)c3ccc4cc5c(cc4c3)oc3cc4cc(N(c6ccccc6)c6ccc(-c7ccccc7)cc6)ccc4cc35)cc2)cc1. The summed E-state index contributed by atoms with van der Waals surface area (Å²) in [5.74, 6) is 0. The zero-order valence-electron chi connectivity index (χ0n) is 32.2. The number of fused-ring (bicyclic) bond motifs is 5. The molecule has 0 unspecified atom stereocenters. The van der Waals surface area contributed by atoms with Gasteiger partial charge in [-0.15, -0.1) is 0 Å². The number of anilines is 6. The van der Waals surface area contributed by atoms with Crippen molar-refractivity contribution in [2.24, 2.45) is 0 Å². The van der Waals surface area contributed by atoms with Crippen LogP contribution in [0.3, 0.4) is 0 Å². The first kappa shape index (κ1) is 34.4. The zero-order chi connectivity index (χ0) is 39.1. The number of hydrogen-bond donors (Lipinski definition) is 0. The van der Waals surface area contributed by atoms with E-state index in [1.807, 2.05) is 0 Å². The van der Waals surface area contributed by atoms with Crippen molar-refractivity contribution in [1.82, 2.24) is 0 Å². The Hall–Kier alpha value is -7.88. The molecular weight excluding hydrogens is 717 g/mol. The Morgan fingerprint density at radius 2 is 0.559 bits per heavy atom. The largest absolute Gasteiger partial charge is 0.456 e. The van der Waals surface area contributed by atoms with Crippen LogP contribution in [0.15, 0.2) is 235 Å². The van der Waals surface area contributed by atoms with Crippen molar-refractivity contribution >= 4 is 77.6 Å². The lowest BCUT2D eigenvalue weighted by Crippen LogP contribution is -2.09. The normalized spacial score (nSPS) is 11.4. The highest BCUT2D eigenvalue weighted by Crippen LogP contribution is 2.42. The van der Waals surface area contributed by atoms with Crippen molar-refractivity contribution < 1.29 is 4.42 Å². The number of hydrogen-bond acceptors (Lipinski definition) is 3. The van der Waals surface area contributed by atoms with Gasteiger partial charge >= 0.3 is 0 Å². The highest BCUT2D eigenvalue weighted by Gasteiger charge is 2.17. The fraction of sp³-hybridized carbons (Fsp3) is 0. The Morgan fingerprint density at radius 3 is 0.949 bits per heavy atom. The van der Waals surface area contributed by atoms with Gasteiger partial charge in [-0.3, -0.25) is 0 Å². The number of rotatable bonds is 8. The molecule has 0 aliphatic rings. The predicted molar refractivity (Wildman–Crippen MR) is 249 cm³/mol. The second-order valence-corrected chi connectivity index (χ2v) is 15.0. The maximum atomic E-state index is 6.69. The summed E-state index contributed by atoms with van der Waals surface area (Å²) in [6.07, 6.45) is 0.